The summed E-state index contributed by atoms with van der Waals surface area (Å²) in [5.74, 6) is -4.88. The summed E-state index contributed by atoms with van der Waals surface area (Å²) < 4.78 is 32.7. The minimum absolute atomic E-state index is 0.171. The lowest BCUT2D eigenvalue weighted by Crippen LogP contribution is -2.36. The first-order valence-electron chi connectivity index (χ1n) is 10.5. The lowest BCUT2D eigenvalue weighted by molar-refractivity contribution is -0.127. The van der Waals surface area contributed by atoms with Gasteiger partial charge in [-0.3, -0.25) is 14.6 Å². The molecule has 1 aliphatic rings. The van der Waals surface area contributed by atoms with Crippen LogP contribution >= 0.6 is 0 Å². The number of ether oxygens (including phenoxy) is 1. The van der Waals surface area contributed by atoms with Crippen molar-refractivity contribution in [3.8, 4) is 17.0 Å². The first-order chi connectivity index (χ1) is 16.2. The van der Waals surface area contributed by atoms with E-state index in [0.717, 1.165) is 11.9 Å². The lowest BCUT2D eigenvalue weighted by atomic mass is 10.0. The third kappa shape index (κ3) is 4.50. The number of carbonyl (C=O) groups excluding carboxylic acids is 2. The Labute approximate surface area is 195 Å². The third-order valence-electron chi connectivity index (χ3n) is 5.40. The molecule has 1 atom stereocenters. The molecule has 1 aliphatic heterocycles. The molecule has 3 aromatic rings. The fourth-order valence-corrected chi connectivity index (χ4v) is 3.69. The van der Waals surface area contributed by atoms with Crippen molar-refractivity contribution in [1.29, 1.82) is 0 Å². The number of rotatable bonds is 6. The molecule has 174 valence electrons. The lowest BCUT2D eigenvalue weighted by Gasteiger charge is -2.17. The molecule has 2 aromatic carbocycles. The quantitative estimate of drug-likeness (QED) is 0.529. The zero-order valence-electron chi connectivity index (χ0n) is 18.8. The molecular formula is C25H22F2N4O3. The molecule has 0 saturated carbocycles. The fourth-order valence-electron chi connectivity index (χ4n) is 3.69. The molecule has 0 aliphatic carbocycles. The van der Waals surface area contributed by atoms with Crippen LogP contribution in [0.25, 0.3) is 11.3 Å². The predicted molar refractivity (Wildman–Crippen MR) is 125 cm³/mol. The van der Waals surface area contributed by atoms with Crippen LogP contribution < -0.4 is 15.1 Å². The largest absolute Gasteiger partial charge is 0.496 e. The first-order valence-corrected chi connectivity index (χ1v) is 10.5. The van der Waals surface area contributed by atoms with Crippen LogP contribution in [-0.4, -0.2) is 29.6 Å². The molecule has 1 aromatic heterocycles. The number of carbonyl (C=O) groups is 2. The van der Waals surface area contributed by atoms with E-state index in [0.29, 0.717) is 22.7 Å². The number of pyridine rings is 1. The highest BCUT2D eigenvalue weighted by Crippen LogP contribution is 2.35. The molecular weight excluding hydrogens is 442 g/mol. The average molecular weight is 464 g/mol. The number of halogens is 2. The minimum Gasteiger partial charge on any atom is -0.496 e. The Morgan fingerprint density at radius 2 is 1.91 bits per heavy atom. The Kier molecular flexibility index (Phi) is 6.10. The highest BCUT2D eigenvalue weighted by molar-refractivity contribution is 6.28. The summed E-state index contributed by atoms with van der Waals surface area (Å²) in [6.45, 7) is 2.35. The van der Waals surface area contributed by atoms with Crippen LogP contribution in [0, 0.1) is 5.92 Å². The molecule has 0 spiro atoms. The molecule has 0 radical (unpaired) electrons. The molecule has 0 fully saturated rings. The van der Waals surface area contributed by atoms with E-state index in [2.05, 4.69) is 15.4 Å². The number of alkyl halides is 2. The van der Waals surface area contributed by atoms with E-state index in [4.69, 9.17) is 4.74 Å². The van der Waals surface area contributed by atoms with Gasteiger partial charge in [0.15, 0.2) is 5.92 Å². The van der Waals surface area contributed by atoms with Crippen LogP contribution in [0.1, 0.15) is 19.4 Å². The Morgan fingerprint density at radius 3 is 2.59 bits per heavy atom. The van der Waals surface area contributed by atoms with E-state index in [1.807, 2.05) is 12.1 Å². The van der Waals surface area contributed by atoms with Crippen LogP contribution in [0.4, 0.5) is 20.2 Å². The Balaban J connectivity index is 1.59. The van der Waals surface area contributed by atoms with Gasteiger partial charge >= 0.3 is 0 Å². The van der Waals surface area contributed by atoms with E-state index in [1.165, 1.54) is 31.4 Å². The number of aromatic nitrogens is 1. The van der Waals surface area contributed by atoms with Crippen LogP contribution in [0.2, 0.25) is 0 Å². The molecule has 7 nitrogen and oxygen atoms in total. The second kappa shape index (κ2) is 9.01. The van der Waals surface area contributed by atoms with Crippen LogP contribution in [-0.2, 0) is 15.5 Å². The summed E-state index contributed by atoms with van der Waals surface area (Å²) in [5, 5.41) is 8.00. The number of benzene rings is 2. The topological polar surface area (TPSA) is 83.9 Å². The fraction of sp³-hybridized carbons (Fsp3) is 0.200. The molecule has 34 heavy (non-hydrogen) atoms. The Morgan fingerprint density at radius 1 is 1.12 bits per heavy atom. The van der Waals surface area contributed by atoms with Crippen molar-refractivity contribution in [2.75, 3.05) is 17.4 Å². The van der Waals surface area contributed by atoms with E-state index >= 15 is 0 Å². The van der Waals surface area contributed by atoms with Crippen molar-refractivity contribution in [3.63, 3.8) is 0 Å². The van der Waals surface area contributed by atoms with Gasteiger partial charge in [-0.25, -0.2) is 8.78 Å². The molecule has 4 rings (SSSR count). The maximum atomic E-state index is 13.6. The average Bonchev–Trinajstić information content (AvgIpc) is 3.12. The van der Waals surface area contributed by atoms with E-state index in [-0.39, 0.29) is 17.0 Å². The number of nitrogens with zero attached hydrogens (tertiary/aromatic N) is 3. The van der Waals surface area contributed by atoms with E-state index < -0.39 is 23.7 Å². The number of nitrogens with one attached hydrogen (secondary N) is 1. The molecule has 2 amide bonds. The van der Waals surface area contributed by atoms with Crippen molar-refractivity contribution < 1.29 is 23.1 Å². The number of anilines is 2. The zero-order chi connectivity index (χ0) is 24.5. The molecule has 1 N–H and O–H groups in total. The van der Waals surface area contributed by atoms with Gasteiger partial charge in [-0.05, 0) is 49.4 Å². The van der Waals surface area contributed by atoms with E-state index in [9.17, 15) is 18.4 Å². The van der Waals surface area contributed by atoms with Gasteiger partial charge in [-0.15, -0.1) is 0 Å². The maximum absolute atomic E-state index is 13.6. The normalized spacial score (nSPS) is 15.8. The summed E-state index contributed by atoms with van der Waals surface area (Å²) in [7, 11) is 1.54. The summed E-state index contributed by atoms with van der Waals surface area (Å²) >= 11 is 0. The molecule has 1 unspecified atom stereocenters. The zero-order valence-corrected chi connectivity index (χ0v) is 18.8. The standard InChI is InChI=1S/C25H22F2N4O3/c1-15-22(23(32)29-17-8-6-7-16(13-17)25(2,26)27)24(33)31(30-15)18-10-11-21(34-3)19(14-18)20-9-4-5-12-28-20/h4-14,22H,1-3H3,(H,29,32). The number of amides is 2. The number of methoxy groups -OCH3 is 1. The third-order valence-corrected chi connectivity index (χ3v) is 5.40. The second-order valence-corrected chi connectivity index (χ2v) is 7.88. The van der Waals surface area contributed by atoms with Crippen molar-refractivity contribution in [3.05, 3.63) is 72.4 Å². The number of hydrogen-bond acceptors (Lipinski definition) is 5. The van der Waals surface area contributed by atoms with Crippen LogP contribution in [0.15, 0.2) is 72.0 Å². The molecule has 2 heterocycles. The van der Waals surface area contributed by atoms with Crippen LogP contribution in [0.3, 0.4) is 0 Å². The maximum Gasteiger partial charge on any atom is 0.270 e. The van der Waals surface area contributed by atoms with Gasteiger partial charge in [0, 0.05) is 29.9 Å². The van der Waals surface area contributed by atoms with Gasteiger partial charge in [0.1, 0.15) is 5.75 Å². The van der Waals surface area contributed by atoms with Crippen LogP contribution in [0.5, 0.6) is 5.75 Å². The van der Waals surface area contributed by atoms with Crippen molar-refractivity contribution in [1.82, 2.24) is 4.98 Å². The summed E-state index contributed by atoms with van der Waals surface area (Å²) in [5.41, 5.74) is 1.96. The van der Waals surface area contributed by atoms with Crippen molar-refractivity contribution >= 4 is 28.9 Å². The predicted octanol–water partition coefficient (Wildman–Crippen LogP) is 4.85. The first kappa shape index (κ1) is 23.0. The molecule has 0 bridgehead atoms. The number of hydrazone groups is 1. The highest BCUT2D eigenvalue weighted by atomic mass is 19.3. The SMILES string of the molecule is COc1ccc(N2N=C(C)C(C(=O)Nc3cccc(C(C)(F)F)c3)C2=O)cc1-c1ccccn1. The monoisotopic (exact) mass is 464 g/mol. The Hall–Kier alpha value is -4.14. The molecule has 9 heteroatoms. The highest BCUT2D eigenvalue weighted by Gasteiger charge is 2.40. The van der Waals surface area contributed by atoms with Gasteiger partial charge in [0.05, 0.1) is 24.2 Å². The van der Waals surface area contributed by atoms with Gasteiger partial charge in [-0.1, -0.05) is 18.2 Å². The smallest absolute Gasteiger partial charge is 0.270 e. The van der Waals surface area contributed by atoms with Gasteiger partial charge in [-0.2, -0.15) is 10.1 Å². The van der Waals surface area contributed by atoms with Gasteiger partial charge < -0.3 is 10.1 Å². The summed E-state index contributed by atoms with van der Waals surface area (Å²) in [6, 6.07) is 15.9. The van der Waals surface area contributed by atoms with Crippen molar-refractivity contribution in [2.45, 2.75) is 19.8 Å². The summed E-state index contributed by atoms with van der Waals surface area (Å²) in [4.78, 5) is 30.4. The Bertz CT molecular complexity index is 1270. The molecule has 0 saturated heterocycles. The van der Waals surface area contributed by atoms with E-state index in [1.54, 1.807) is 37.4 Å². The second-order valence-electron chi connectivity index (χ2n) is 7.88. The van der Waals surface area contributed by atoms with Crippen molar-refractivity contribution in [2.24, 2.45) is 11.0 Å². The number of hydrogen-bond donors (Lipinski definition) is 1. The minimum atomic E-state index is -3.06. The van der Waals surface area contributed by atoms with Gasteiger partial charge in [0.25, 0.3) is 11.8 Å². The summed E-state index contributed by atoms with van der Waals surface area (Å²) in [6.07, 6.45) is 1.65. The van der Waals surface area contributed by atoms with Gasteiger partial charge in [0.2, 0.25) is 5.91 Å².